The van der Waals surface area contributed by atoms with Crippen LogP contribution in [0.4, 0.5) is 0 Å². The molecule has 13 heavy (non-hydrogen) atoms. The van der Waals surface area contributed by atoms with Crippen LogP contribution in [0.5, 0.6) is 0 Å². The second-order valence-corrected chi connectivity index (χ2v) is 4.45. The maximum absolute atomic E-state index is 11.1. The second kappa shape index (κ2) is 4.51. The van der Waals surface area contributed by atoms with E-state index >= 15 is 0 Å². The van der Waals surface area contributed by atoms with Crippen molar-refractivity contribution < 1.29 is 18.3 Å². The Morgan fingerprint density at radius 2 is 2.08 bits per heavy atom. The fourth-order valence-corrected chi connectivity index (χ4v) is 1.25. The quantitative estimate of drug-likeness (QED) is 0.477. The first-order valence-electron chi connectivity index (χ1n) is 3.44. The number of nitrogens with one attached hydrogen (secondary N) is 1. The molecule has 0 aromatic heterocycles. The molecule has 8 heteroatoms. The molecule has 0 heterocycles. The SMILES string of the molecule is CN(C)S(=O)(=O)NC(CN)C(=O)O. The minimum atomic E-state index is -3.73. The average molecular weight is 211 g/mol. The van der Waals surface area contributed by atoms with Gasteiger partial charge >= 0.3 is 5.97 Å². The molecule has 0 saturated carbocycles. The Morgan fingerprint density at radius 3 is 2.31 bits per heavy atom. The maximum atomic E-state index is 11.1. The highest BCUT2D eigenvalue weighted by atomic mass is 32.2. The third-order valence-corrected chi connectivity index (χ3v) is 2.85. The molecule has 0 fully saturated rings. The van der Waals surface area contributed by atoms with Crippen LogP contribution < -0.4 is 10.5 Å². The molecule has 0 aromatic rings. The van der Waals surface area contributed by atoms with Crippen LogP contribution in [0.15, 0.2) is 0 Å². The molecule has 78 valence electrons. The second-order valence-electron chi connectivity index (χ2n) is 2.53. The fourth-order valence-electron chi connectivity index (χ4n) is 0.485. The molecule has 0 radical (unpaired) electrons. The fraction of sp³-hybridized carbons (Fsp3) is 0.800. The van der Waals surface area contributed by atoms with Gasteiger partial charge < -0.3 is 10.8 Å². The van der Waals surface area contributed by atoms with Crippen molar-refractivity contribution in [2.75, 3.05) is 20.6 Å². The molecular formula is C5H13N3O4S. The lowest BCUT2D eigenvalue weighted by molar-refractivity contribution is -0.138. The Hall–Kier alpha value is -0.700. The van der Waals surface area contributed by atoms with Gasteiger partial charge in [-0.05, 0) is 0 Å². The van der Waals surface area contributed by atoms with Gasteiger partial charge in [0.05, 0.1) is 0 Å². The summed E-state index contributed by atoms with van der Waals surface area (Å²) in [5, 5.41) is 8.49. The number of aliphatic carboxylic acids is 1. The average Bonchev–Trinajstić information content (AvgIpc) is 1.99. The van der Waals surface area contributed by atoms with E-state index in [2.05, 4.69) is 0 Å². The molecule has 0 aliphatic carbocycles. The molecular weight excluding hydrogens is 198 g/mol. The van der Waals surface area contributed by atoms with Crippen LogP contribution >= 0.6 is 0 Å². The highest BCUT2D eigenvalue weighted by Gasteiger charge is 2.23. The summed E-state index contributed by atoms with van der Waals surface area (Å²) >= 11 is 0. The van der Waals surface area contributed by atoms with Gasteiger partial charge in [0.25, 0.3) is 10.2 Å². The van der Waals surface area contributed by atoms with E-state index in [-0.39, 0.29) is 6.54 Å². The molecule has 0 spiro atoms. The zero-order chi connectivity index (χ0) is 10.6. The van der Waals surface area contributed by atoms with E-state index in [0.29, 0.717) is 0 Å². The summed E-state index contributed by atoms with van der Waals surface area (Å²) in [6, 6.07) is -1.28. The lowest BCUT2D eigenvalue weighted by Gasteiger charge is -2.16. The largest absolute Gasteiger partial charge is 0.480 e. The van der Waals surface area contributed by atoms with Crippen molar-refractivity contribution in [1.82, 2.24) is 9.03 Å². The summed E-state index contributed by atoms with van der Waals surface area (Å²) in [5.41, 5.74) is 5.05. The lowest BCUT2D eigenvalue weighted by atomic mass is 10.3. The molecule has 7 nitrogen and oxygen atoms in total. The zero-order valence-corrected chi connectivity index (χ0v) is 8.21. The van der Waals surface area contributed by atoms with E-state index in [1.165, 1.54) is 14.1 Å². The molecule has 0 amide bonds. The summed E-state index contributed by atoms with van der Waals surface area (Å²) < 4.78 is 25.0. The first kappa shape index (κ1) is 12.3. The highest BCUT2D eigenvalue weighted by molar-refractivity contribution is 7.87. The van der Waals surface area contributed by atoms with Crippen molar-refractivity contribution in [3.63, 3.8) is 0 Å². The van der Waals surface area contributed by atoms with E-state index in [1.807, 2.05) is 4.72 Å². The Morgan fingerprint density at radius 1 is 1.62 bits per heavy atom. The van der Waals surface area contributed by atoms with Gasteiger partial charge in [-0.3, -0.25) is 4.79 Å². The molecule has 4 N–H and O–H groups in total. The number of carbonyl (C=O) groups is 1. The van der Waals surface area contributed by atoms with Gasteiger partial charge in [0, 0.05) is 20.6 Å². The molecule has 0 aliphatic heterocycles. The van der Waals surface area contributed by atoms with Gasteiger partial charge in [-0.25, -0.2) is 0 Å². The first-order chi connectivity index (χ1) is 5.81. The van der Waals surface area contributed by atoms with Gasteiger partial charge in [0.2, 0.25) is 0 Å². The molecule has 0 aromatic carbocycles. The van der Waals surface area contributed by atoms with E-state index in [0.717, 1.165) is 4.31 Å². The van der Waals surface area contributed by atoms with Crippen molar-refractivity contribution in [2.45, 2.75) is 6.04 Å². The normalized spacial score (nSPS) is 14.5. The number of carboxylic acid groups (broad SMARTS) is 1. The third kappa shape index (κ3) is 3.68. The highest BCUT2D eigenvalue weighted by Crippen LogP contribution is 1.91. The summed E-state index contributed by atoms with van der Waals surface area (Å²) in [5.74, 6) is -1.30. The van der Waals surface area contributed by atoms with Crippen LogP contribution in [-0.2, 0) is 15.0 Å². The molecule has 1 unspecified atom stereocenters. The van der Waals surface area contributed by atoms with E-state index in [1.54, 1.807) is 0 Å². The number of carboxylic acids is 1. The summed E-state index contributed by atoms with van der Waals surface area (Å²) in [7, 11) is -1.15. The Balaban J connectivity index is 4.50. The monoisotopic (exact) mass is 211 g/mol. The van der Waals surface area contributed by atoms with Crippen molar-refractivity contribution in [2.24, 2.45) is 5.73 Å². The van der Waals surface area contributed by atoms with Crippen LogP contribution in [0.2, 0.25) is 0 Å². The summed E-state index contributed by atoms with van der Waals surface area (Å²) in [6.07, 6.45) is 0. The van der Waals surface area contributed by atoms with Crippen LogP contribution in [-0.4, -0.2) is 50.5 Å². The van der Waals surface area contributed by atoms with Crippen LogP contribution in [0, 0.1) is 0 Å². The van der Waals surface area contributed by atoms with Crippen molar-refractivity contribution >= 4 is 16.2 Å². The van der Waals surface area contributed by atoms with E-state index in [9.17, 15) is 13.2 Å². The number of hydrogen-bond acceptors (Lipinski definition) is 4. The Bertz CT molecular complexity index is 274. The molecule has 0 saturated heterocycles. The van der Waals surface area contributed by atoms with E-state index in [4.69, 9.17) is 10.8 Å². The van der Waals surface area contributed by atoms with Gasteiger partial charge in [-0.15, -0.1) is 0 Å². The summed E-state index contributed by atoms with van der Waals surface area (Å²) in [4.78, 5) is 10.4. The number of rotatable bonds is 5. The Kier molecular flexibility index (Phi) is 4.27. The number of nitrogens with two attached hydrogens (primary N) is 1. The van der Waals surface area contributed by atoms with Gasteiger partial charge in [-0.2, -0.15) is 17.4 Å². The lowest BCUT2D eigenvalue weighted by Crippen LogP contribution is -2.49. The van der Waals surface area contributed by atoms with Gasteiger partial charge in [0.15, 0.2) is 0 Å². The zero-order valence-electron chi connectivity index (χ0n) is 7.39. The predicted octanol–water partition coefficient (Wildman–Crippen LogP) is -2.21. The smallest absolute Gasteiger partial charge is 0.323 e. The predicted molar refractivity (Wildman–Crippen MR) is 46.2 cm³/mol. The van der Waals surface area contributed by atoms with Crippen LogP contribution in [0.1, 0.15) is 0 Å². The molecule has 0 aliphatic rings. The van der Waals surface area contributed by atoms with Gasteiger partial charge in [-0.1, -0.05) is 0 Å². The van der Waals surface area contributed by atoms with Crippen LogP contribution in [0.3, 0.4) is 0 Å². The first-order valence-corrected chi connectivity index (χ1v) is 4.88. The number of hydrogen-bond donors (Lipinski definition) is 3. The van der Waals surface area contributed by atoms with Crippen molar-refractivity contribution in [3.8, 4) is 0 Å². The minimum Gasteiger partial charge on any atom is -0.480 e. The Labute approximate surface area is 76.7 Å². The molecule has 0 rings (SSSR count). The maximum Gasteiger partial charge on any atom is 0.323 e. The minimum absolute atomic E-state index is 0.289. The summed E-state index contributed by atoms with van der Waals surface area (Å²) in [6.45, 7) is -0.289. The standard InChI is InChI=1S/C5H13N3O4S/c1-8(2)13(11,12)7-4(3-6)5(9)10/h4,7H,3,6H2,1-2H3,(H,9,10). The number of nitrogens with zero attached hydrogens (tertiary/aromatic N) is 1. The van der Waals surface area contributed by atoms with Crippen molar-refractivity contribution in [3.05, 3.63) is 0 Å². The van der Waals surface area contributed by atoms with E-state index < -0.39 is 22.2 Å². The molecule has 1 atom stereocenters. The molecule has 0 bridgehead atoms. The van der Waals surface area contributed by atoms with Gasteiger partial charge in [0.1, 0.15) is 6.04 Å². The third-order valence-electron chi connectivity index (χ3n) is 1.31. The van der Waals surface area contributed by atoms with Crippen LogP contribution in [0.25, 0.3) is 0 Å². The van der Waals surface area contributed by atoms with Crippen molar-refractivity contribution in [1.29, 1.82) is 0 Å². The topological polar surface area (TPSA) is 113 Å².